The van der Waals surface area contributed by atoms with E-state index in [4.69, 9.17) is 17.3 Å². The minimum absolute atomic E-state index is 0.250. The normalized spacial score (nSPS) is 18.1. The number of hydrogen-bond acceptors (Lipinski definition) is 5. The fourth-order valence-electron chi connectivity index (χ4n) is 2.54. The summed E-state index contributed by atoms with van der Waals surface area (Å²) in [5.74, 6) is 0. The number of benzene rings is 2. The summed E-state index contributed by atoms with van der Waals surface area (Å²) in [5, 5.41) is 4.13. The fraction of sp³-hybridized carbons (Fsp3) is 0.188. The Bertz CT molecular complexity index is 831. The van der Waals surface area contributed by atoms with Crippen molar-refractivity contribution in [1.29, 1.82) is 0 Å². The van der Waals surface area contributed by atoms with Crippen LogP contribution in [-0.4, -0.2) is 25.9 Å². The van der Waals surface area contributed by atoms with Crippen LogP contribution < -0.4 is 11.2 Å². The molecule has 0 spiro atoms. The summed E-state index contributed by atoms with van der Waals surface area (Å²) >= 11 is 5.90. The van der Waals surface area contributed by atoms with Gasteiger partial charge in [-0.3, -0.25) is 0 Å². The smallest absolute Gasteiger partial charge is 0.187 e. The van der Waals surface area contributed by atoms with Crippen LogP contribution in [0.4, 0.5) is 5.69 Å². The highest BCUT2D eigenvalue weighted by Gasteiger charge is 2.34. The molecule has 0 bridgehead atoms. The Kier molecular flexibility index (Phi) is 4.28. The summed E-state index contributed by atoms with van der Waals surface area (Å²) in [6.07, 6.45) is 0.453. The number of nitrogens with one attached hydrogen (secondary N) is 1. The molecule has 1 aliphatic heterocycles. The van der Waals surface area contributed by atoms with Gasteiger partial charge in [-0.2, -0.15) is 5.10 Å². The quantitative estimate of drug-likeness (QED) is 0.834. The zero-order chi connectivity index (χ0) is 16.4. The van der Waals surface area contributed by atoms with E-state index >= 15 is 0 Å². The Morgan fingerprint density at radius 3 is 2.39 bits per heavy atom. The van der Waals surface area contributed by atoms with Crippen molar-refractivity contribution in [2.24, 2.45) is 5.10 Å². The molecule has 120 valence electrons. The first-order chi connectivity index (χ1) is 11.0. The minimum atomic E-state index is -3.55. The second kappa shape index (κ2) is 6.22. The second-order valence-electron chi connectivity index (χ2n) is 5.30. The number of hydrogen-bond donors (Lipinski definition) is 2. The summed E-state index contributed by atoms with van der Waals surface area (Å²) in [6.45, 7) is 0.510. The topological polar surface area (TPSA) is 84.5 Å². The molecule has 2 aromatic carbocycles. The monoisotopic (exact) mass is 349 g/mol. The first-order valence-electron chi connectivity index (χ1n) is 7.14. The van der Waals surface area contributed by atoms with E-state index in [1.54, 1.807) is 36.4 Å². The lowest BCUT2D eigenvalue weighted by atomic mass is 10.0. The number of nitrogens with two attached hydrogens (primary N) is 1. The molecular weight excluding hydrogens is 334 g/mol. The minimum Gasteiger partial charge on any atom is -0.399 e. The molecule has 0 amide bonds. The maximum Gasteiger partial charge on any atom is 0.187 e. The standard InChI is InChI=1S/C16H16ClN3O2S/c17-12-3-1-11(2-4-12)16-15(9-10-19-20-16)23(21,22)14-7-5-13(18)6-8-14/h1-8,15,19H,9-10,18H2. The van der Waals surface area contributed by atoms with Crippen LogP contribution in [0.25, 0.3) is 0 Å². The largest absolute Gasteiger partial charge is 0.399 e. The third-order valence-electron chi connectivity index (χ3n) is 3.75. The van der Waals surface area contributed by atoms with Gasteiger partial charge in [-0.15, -0.1) is 0 Å². The SMILES string of the molecule is Nc1ccc(S(=O)(=O)C2CCNN=C2c2ccc(Cl)cc2)cc1. The van der Waals surface area contributed by atoms with Crippen LogP contribution >= 0.6 is 11.6 Å². The third-order valence-corrected chi connectivity index (χ3v) is 6.14. The van der Waals surface area contributed by atoms with Crippen LogP contribution in [0.3, 0.4) is 0 Å². The molecule has 5 nitrogen and oxygen atoms in total. The van der Waals surface area contributed by atoms with E-state index in [2.05, 4.69) is 10.5 Å². The maximum absolute atomic E-state index is 13.0. The van der Waals surface area contributed by atoms with E-state index in [1.165, 1.54) is 12.1 Å². The highest BCUT2D eigenvalue weighted by Crippen LogP contribution is 2.25. The number of anilines is 1. The van der Waals surface area contributed by atoms with Crippen LogP contribution in [0.5, 0.6) is 0 Å². The van der Waals surface area contributed by atoms with Gasteiger partial charge in [-0.25, -0.2) is 8.42 Å². The van der Waals surface area contributed by atoms with Crippen molar-refractivity contribution < 1.29 is 8.42 Å². The Hall–Kier alpha value is -2.05. The molecule has 3 N–H and O–H groups in total. The van der Waals surface area contributed by atoms with Gasteiger partial charge < -0.3 is 11.2 Å². The Labute approximate surface area is 140 Å². The highest BCUT2D eigenvalue weighted by atomic mass is 35.5. The number of hydrazone groups is 1. The first kappa shape index (κ1) is 15.8. The average molecular weight is 350 g/mol. The Balaban J connectivity index is 2.02. The lowest BCUT2D eigenvalue weighted by molar-refractivity contribution is 0.575. The number of rotatable bonds is 3. The molecule has 1 unspecified atom stereocenters. The number of nitrogen functional groups attached to an aromatic ring is 1. The highest BCUT2D eigenvalue weighted by molar-refractivity contribution is 7.92. The molecule has 0 saturated carbocycles. The molecule has 0 radical (unpaired) electrons. The molecule has 0 saturated heterocycles. The van der Waals surface area contributed by atoms with Gasteiger partial charge in [0.05, 0.1) is 10.6 Å². The van der Waals surface area contributed by atoms with Crippen molar-refractivity contribution in [3.05, 3.63) is 59.1 Å². The number of nitrogens with zero attached hydrogens (tertiary/aromatic N) is 1. The summed E-state index contributed by atoms with van der Waals surface area (Å²) in [5.41, 5.74) is 10.3. The third kappa shape index (κ3) is 3.18. The van der Waals surface area contributed by atoms with Gasteiger partial charge in [0.1, 0.15) is 5.25 Å². The van der Waals surface area contributed by atoms with Crippen LogP contribution in [0.2, 0.25) is 5.02 Å². The predicted molar refractivity (Wildman–Crippen MR) is 92.4 cm³/mol. The van der Waals surface area contributed by atoms with Gasteiger partial charge in [0.2, 0.25) is 0 Å². The lowest BCUT2D eigenvalue weighted by Crippen LogP contribution is -2.38. The molecule has 1 aliphatic rings. The van der Waals surface area contributed by atoms with Crippen LogP contribution in [0.1, 0.15) is 12.0 Å². The van der Waals surface area contributed by atoms with Crippen molar-refractivity contribution in [3.8, 4) is 0 Å². The molecule has 3 rings (SSSR count). The lowest BCUT2D eigenvalue weighted by Gasteiger charge is -2.24. The van der Waals surface area contributed by atoms with E-state index in [1.807, 2.05) is 0 Å². The molecule has 0 aromatic heterocycles. The zero-order valence-corrected chi connectivity index (χ0v) is 13.8. The van der Waals surface area contributed by atoms with Crippen LogP contribution in [0.15, 0.2) is 58.5 Å². The maximum atomic E-state index is 13.0. The van der Waals surface area contributed by atoms with Gasteiger partial charge in [-0.05, 0) is 48.4 Å². The van der Waals surface area contributed by atoms with Gasteiger partial charge >= 0.3 is 0 Å². The first-order valence-corrected chi connectivity index (χ1v) is 9.07. The average Bonchev–Trinajstić information content (AvgIpc) is 2.56. The van der Waals surface area contributed by atoms with E-state index < -0.39 is 15.1 Å². The van der Waals surface area contributed by atoms with E-state index in [9.17, 15) is 8.42 Å². The zero-order valence-electron chi connectivity index (χ0n) is 12.2. The summed E-state index contributed by atoms with van der Waals surface area (Å²) in [7, 11) is -3.55. The molecule has 1 heterocycles. The van der Waals surface area contributed by atoms with E-state index in [0.29, 0.717) is 29.4 Å². The molecule has 0 fully saturated rings. The Morgan fingerprint density at radius 1 is 1.09 bits per heavy atom. The van der Waals surface area contributed by atoms with Gasteiger partial charge in [0, 0.05) is 17.3 Å². The van der Waals surface area contributed by atoms with Gasteiger partial charge in [-0.1, -0.05) is 23.7 Å². The van der Waals surface area contributed by atoms with Crippen molar-refractivity contribution in [1.82, 2.24) is 5.43 Å². The fourth-order valence-corrected chi connectivity index (χ4v) is 4.42. The molecule has 2 aromatic rings. The van der Waals surface area contributed by atoms with Gasteiger partial charge in [0.15, 0.2) is 9.84 Å². The van der Waals surface area contributed by atoms with E-state index in [-0.39, 0.29) is 4.90 Å². The van der Waals surface area contributed by atoms with Crippen molar-refractivity contribution in [3.63, 3.8) is 0 Å². The van der Waals surface area contributed by atoms with Crippen LogP contribution in [0, 0.1) is 0 Å². The predicted octanol–water partition coefficient (Wildman–Crippen LogP) is 2.46. The van der Waals surface area contributed by atoms with Crippen molar-refractivity contribution in [2.75, 3.05) is 12.3 Å². The molecule has 23 heavy (non-hydrogen) atoms. The van der Waals surface area contributed by atoms with Gasteiger partial charge in [0.25, 0.3) is 0 Å². The number of halogens is 1. The van der Waals surface area contributed by atoms with Crippen LogP contribution in [-0.2, 0) is 9.84 Å². The second-order valence-corrected chi connectivity index (χ2v) is 7.87. The summed E-state index contributed by atoms with van der Waals surface area (Å²) < 4.78 is 25.9. The molecule has 7 heteroatoms. The number of sulfone groups is 1. The Morgan fingerprint density at radius 2 is 1.74 bits per heavy atom. The molecule has 1 atom stereocenters. The van der Waals surface area contributed by atoms with E-state index in [0.717, 1.165) is 5.56 Å². The molecular formula is C16H16ClN3O2S. The molecule has 0 aliphatic carbocycles. The summed E-state index contributed by atoms with van der Waals surface area (Å²) in [4.78, 5) is 0.250. The van der Waals surface area contributed by atoms with Crippen molar-refractivity contribution >= 4 is 32.8 Å². The summed E-state index contributed by atoms with van der Waals surface area (Å²) in [6, 6.07) is 13.2. The van der Waals surface area contributed by atoms with Crippen molar-refractivity contribution in [2.45, 2.75) is 16.6 Å².